The highest BCUT2D eigenvalue weighted by Gasteiger charge is 2.13. The van der Waals surface area contributed by atoms with Crippen LogP contribution in [0.15, 0.2) is 42.6 Å². The molecular formula is C15H18N4O2. The number of pyridine rings is 1. The Hall–Kier alpha value is -2.63. The minimum Gasteiger partial charge on any atom is -0.388 e. The van der Waals surface area contributed by atoms with E-state index in [1.54, 1.807) is 19.3 Å². The third kappa shape index (κ3) is 3.68. The van der Waals surface area contributed by atoms with Crippen molar-refractivity contribution in [1.82, 2.24) is 4.98 Å². The number of nitrogens with one attached hydrogen (secondary N) is 1. The Balaban J connectivity index is 2.32. The summed E-state index contributed by atoms with van der Waals surface area (Å²) in [7, 11) is 1.75. The SMILES string of the molecule is CCN(Cc1ccccn1)c1cc(NC)cc([N+](=O)[O-])c1. The second-order valence-corrected chi connectivity index (χ2v) is 4.58. The Labute approximate surface area is 123 Å². The molecule has 0 fully saturated rings. The lowest BCUT2D eigenvalue weighted by atomic mass is 10.2. The van der Waals surface area contributed by atoms with Crippen LogP contribution in [-0.2, 0) is 6.54 Å². The van der Waals surface area contributed by atoms with E-state index in [4.69, 9.17) is 0 Å². The number of benzene rings is 1. The van der Waals surface area contributed by atoms with Crippen LogP contribution in [0, 0.1) is 10.1 Å². The van der Waals surface area contributed by atoms with Crippen LogP contribution in [0.2, 0.25) is 0 Å². The van der Waals surface area contributed by atoms with Crippen molar-refractivity contribution >= 4 is 17.1 Å². The van der Waals surface area contributed by atoms with Crippen LogP contribution in [0.25, 0.3) is 0 Å². The van der Waals surface area contributed by atoms with Crippen molar-refractivity contribution in [3.05, 3.63) is 58.4 Å². The minimum absolute atomic E-state index is 0.0799. The molecule has 0 aliphatic carbocycles. The molecule has 0 bridgehead atoms. The van der Waals surface area contributed by atoms with E-state index < -0.39 is 0 Å². The molecule has 0 atom stereocenters. The molecule has 0 aliphatic heterocycles. The van der Waals surface area contributed by atoms with Gasteiger partial charge < -0.3 is 10.2 Å². The largest absolute Gasteiger partial charge is 0.388 e. The zero-order chi connectivity index (χ0) is 15.2. The fourth-order valence-corrected chi connectivity index (χ4v) is 2.10. The van der Waals surface area contributed by atoms with Crippen molar-refractivity contribution < 1.29 is 4.92 Å². The zero-order valence-corrected chi connectivity index (χ0v) is 12.1. The van der Waals surface area contributed by atoms with Crippen molar-refractivity contribution in [2.45, 2.75) is 13.5 Å². The first-order valence-corrected chi connectivity index (χ1v) is 6.76. The van der Waals surface area contributed by atoms with Gasteiger partial charge in [-0.2, -0.15) is 0 Å². The maximum atomic E-state index is 11.0. The quantitative estimate of drug-likeness (QED) is 0.652. The maximum absolute atomic E-state index is 11.0. The van der Waals surface area contributed by atoms with Crippen LogP contribution < -0.4 is 10.2 Å². The molecule has 1 aromatic carbocycles. The molecule has 2 aromatic rings. The van der Waals surface area contributed by atoms with Crippen LogP contribution in [-0.4, -0.2) is 23.5 Å². The van der Waals surface area contributed by atoms with Gasteiger partial charge in [-0.05, 0) is 25.1 Å². The Morgan fingerprint density at radius 2 is 2.14 bits per heavy atom. The van der Waals surface area contributed by atoms with Gasteiger partial charge in [-0.15, -0.1) is 0 Å². The smallest absolute Gasteiger partial charge is 0.273 e. The van der Waals surface area contributed by atoms with Gasteiger partial charge in [0, 0.05) is 43.3 Å². The molecule has 21 heavy (non-hydrogen) atoms. The molecule has 6 heteroatoms. The Bertz CT molecular complexity index is 616. The Morgan fingerprint density at radius 1 is 1.33 bits per heavy atom. The monoisotopic (exact) mass is 286 g/mol. The number of nitro groups is 1. The lowest BCUT2D eigenvalue weighted by Crippen LogP contribution is -2.22. The molecule has 2 rings (SSSR count). The molecule has 0 amide bonds. The number of anilines is 2. The molecule has 0 aliphatic rings. The number of rotatable bonds is 6. The molecule has 0 radical (unpaired) electrons. The highest BCUT2D eigenvalue weighted by atomic mass is 16.6. The highest BCUT2D eigenvalue weighted by molar-refractivity contribution is 5.64. The third-order valence-electron chi connectivity index (χ3n) is 3.23. The van der Waals surface area contributed by atoms with E-state index in [1.807, 2.05) is 31.2 Å². The summed E-state index contributed by atoms with van der Waals surface area (Å²) in [6.45, 7) is 3.36. The van der Waals surface area contributed by atoms with Crippen LogP contribution in [0.4, 0.5) is 17.1 Å². The molecule has 1 heterocycles. The van der Waals surface area contributed by atoms with E-state index in [9.17, 15) is 10.1 Å². The van der Waals surface area contributed by atoms with Crippen molar-refractivity contribution in [3.63, 3.8) is 0 Å². The molecule has 0 saturated heterocycles. The van der Waals surface area contributed by atoms with Crippen molar-refractivity contribution in [1.29, 1.82) is 0 Å². The van der Waals surface area contributed by atoms with Gasteiger partial charge >= 0.3 is 0 Å². The molecule has 6 nitrogen and oxygen atoms in total. The first-order chi connectivity index (χ1) is 10.1. The van der Waals surface area contributed by atoms with Gasteiger partial charge in [0.05, 0.1) is 17.2 Å². The standard InChI is InChI=1S/C15H18N4O2/c1-3-18(11-12-6-4-5-7-17-12)14-8-13(16-2)9-15(10-14)19(20)21/h4-10,16H,3,11H2,1-2H3. The number of hydrogen-bond donors (Lipinski definition) is 1. The highest BCUT2D eigenvalue weighted by Crippen LogP contribution is 2.27. The average molecular weight is 286 g/mol. The van der Waals surface area contributed by atoms with E-state index in [-0.39, 0.29) is 10.6 Å². The first-order valence-electron chi connectivity index (χ1n) is 6.76. The van der Waals surface area contributed by atoms with E-state index in [0.717, 1.165) is 23.6 Å². The lowest BCUT2D eigenvalue weighted by Gasteiger charge is -2.23. The molecule has 0 spiro atoms. The molecular weight excluding hydrogens is 268 g/mol. The zero-order valence-electron chi connectivity index (χ0n) is 12.1. The molecule has 1 N–H and O–H groups in total. The van der Waals surface area contributed by atoms with Gasteiger partial charge in [-0.1, -0.05) is 6.07 Å². The number of nitro benzene ring substituents is 1. The summed E-state index contributed by atoms with van der Waals surface area (Å²) in [5.41, 5.74) is 2.54. The third-order valence-corrected chi connectivity index (χ3v) is 3.23. The van der Waals surface area contributed by atoms with Gasteiger partial charge in [0.2, 0.25) is 0 Å². The van der Waals surface area contributed by atoms with E-state index in [0.29, 0.717) is 6.54 Å². The summed E-state index contributed by atoms with van der Waals surface area (Å²) < 4.78 is 0. The second kappa shape index (κ2) is 6.69. The van der Waals surface area contributed by atoms with Crippen LogP contribution in [0.1, 0.15) is 12.6 Å². The maximum Gasteiger partial charge on any atom is 0.273 e. The van der Waals surface area contributed by atoms with Crippen LogP contribution in [0.3, 0.4) is 0 Å². The number of non-ortho nitro benzene ring substituents is 1. The van der Waals surface area contributed by atoms with Gasteiger partial charge in [0.1, 0.15) is 0 Å². The topological polar surface area (TPSA) is 71.3 Å². The summed E-state index contributed by atoms with van der Waals surface area (Å²) in [4.78, 5) is 17.0. The van der Waals surface area contributed by atoms with Crippen molar-refractivity contribution in [2.75, 3.05) is 23.8 Å². The summed E-state index contributed by atoms with van der Waals surface area (Å²) >= 11 is 0. The first kappa shape index (κ1) is 14.8. The van der Waals surface area contributed by atoms with Crippen LogP contribution in [0.5, 0.6) is 0 Å². The summed E-state index contributed by atoms with van der Waals surface area (Å²) in [5, 5.41) is 14.0. The van der Waals surface area contributed by atoms with Crippen LogP contribution >= 0.6 is 0 Å². The fraction of sp³-hybridized carbons (Fsp3) is 0.267. The summed E-state index contributed by atoms with van der Waals surface area (Å²) in [5.74, 6) is 0. The summed E-state index contributed by atoms with van der Waals surface area (Å²) in [6.07, 6.45) is 1.75. The Morgan fingerprint density at radius 3 is 2.71 bits per heavy atom. The molecule has 0 unspecified atom stereocenters. The molecule has 1 aromatic heterocycles. The van der Waals surface area contributed by atoms with Crippen molar-refractivity contribution in [3.8, 4) is 0 Å². The van der Waals surface area contributed by atoms with E-state index in [2.05, 4.69) is 15.2 Å². The van der Waals surface area contributed by atoms with E-state index in [1.165, 1.54) is 6.07 Å². The predicted molar refractivity (Wildman–Crippen MR) is 83.6 cm³/mol. The van der Waals surface area contributed by atoms with Gasteiger partial charge in [-0.3, -0.25) is 15.1 Å². The molecule has 110 valence electrons. The molecule has 0 saturated carbocycles. The lowest BCUT2D eigenvalue weighted by molar-refractivity contribution is -0.384. The van der Waals surface area contributed by atoms with Crippen molar-refractivity contribution in [2.24, 2.45) is 0 Å². The number of aromatic nitrogens is 1. The fourth-order valence-electron chi connectivity index (χ4n) is 2.10. The van der Waals surface area contributed by atoms with Gasteiger partial charge in [-0.25, -0.2) is 0 Å². The average Bonchev–Trinajstić information content (AvgIpc) is 2.53. The van der Waals surface area contributed by atoms with Gasteiger partial charge in [0.25, 0.3) is 5.69 Å². The second-order valence-electron chi connectivity index (χ2n) is 4.58. The van der Waals surface area contributed by atoms with E-state index >= 15 is 0 Å². The summed E-state index contributed by atoms with van der Waals surface area (Å²) in [6, 6.07) is 10.8. The number of nitrogens with zero attached hydrogens (tertiary/aromatic N) is 3. The normalized spacial score (nSPS) is 10.2. The number of hydrogen-bond acceptors (Lipinski definition) is 5. The Kier molecular flexibility index (Phi) is 4.71. The minimum atomic E-state index is -0.376. The van der Waals surface area contributed by atoms with Gasteiger partial charge in [0.15, 0.2) is 0 Å². The predicted octanol–water partition coefficient (Wildman–Crippen LogP) is 3.06.